The minimum absolute atomic E-state index is 0.0801. The molecule has 0 bridgehead atoms. The van der Waals surface area contributed by atoms with Gasteiger partial charge in [0.15, 0.2) is 12.1 Å². The maximum atomic E-state index is 11.1. The average molecular weight is 463 g/mol. The number of hydrogen-bond donors (Lipinski definition) is 2. The summed E-state index contributed by atoms with van der Waals surface area (Å²) in [4.78, 5) is 0. The quantitative estimate of drug-likeness (QED) is 0.523. The third-order valence-electron chi connectivity index (χ3n) is 6.44. The highest BCUT2D eigenvalue weighted by atomic mass is 16.8. The summed E-state index contributed by atoms with van der Waals surface area (Å²) in [5, 5.41) is 21.9. The molecule has 0 aliphatic carbocycles. The predicted octanol–water partition coefficient (Wildman–Crippen LogP) is 3.59. The smallest absolute Gasteiger partial charge is 0.190 e. The van der Waals surface area contributed by atoms with Crippen LogP contribution in [0.3, 0.4) is 0 Å². The highest BCUT2D eigenvalue weighted by Gasteiger charge is 2.56. The zero-order valence-corrected chi connectivity index (χ0v) is 19.3. The van der Waals surface area contributed by atoms with Crippen LogP contribution >= 0.6 is 0 Å². The lowest BCUT2D eigenvalue weighted by Gasteiger charge is -2.37. The summed E-state index contributed by atoms with van der Waals surface area (Å²) in [5.41, 5.74) is 1.81. The molecule has 34 heavy (non-hydrogen) atoms. The highest BCUT2D eigenvalue weighted by Crippen LogP contribution is 2.42. The van der Waals surface area contributed by atoms with Crippen molar-refractivity contribution in [2.75, 3.05) is 6.61 Å². The van der Waals surface area contributed by atoms with Gasteiger partial charge >= 0.3 is 0 Å². The number of hydrogen-bond acceptors (Lipinski definition) is 6. The summed E-state index contributed by atoms with van der Waals surface area (Å²) in [6.45, 7) is 3.46. The third-order valence-corrected chi connectivity index (χ3v) is 6.44. The van der Waals surface area contributed by atoms with Crippen LogP contribution in [0.2, 0.25) is 0 Å². The fraction of sp³-hybridized carbons (Fsp3) is 0.357. The molecule has 2 saturated heterocycles. The molecular weight excluding hydrogens is 432 g/mol. The summed E-state index contributed by atoms with van der Waals surface area (Å²) in [6.07, 6.45) is -4.42. The SMILES string of the molecule is CC1(C)OC2OC(C(O)COC(c3ccccc3)(c3ccccc3)c3ccccc3)C(O)C2O1. The summed E-state index contributed by atoms with van der Waals surface area (Å²) in [6, 6.07) is 29.8. The van der Waals surface area contributed by atoms with Gasteiger partial charge in [0, 0.05) is 0 Å². The Morgan fingerprint density at radius 1 is 0.824 bits per heavy atom. The van der Waals surface area contributed by atoms with Crippen molar-refractivity contribution in [1.82, 2.24) is 0 Å². The molecule has 6 nitrogen and oxygen atoms in total. The first-order chi connectivity index (χ1) is 16.4. The maximum Gasteiger partial charge on any atom is 0.190 e. The predicted molar refractivity (Wildman–Crippen MR) is 126 cm³/mol. The normalized spacial score (nSPS) is 26.8. The van der Waals surface area contributed by atoms with E-state index in [2.05, 4.69) is 0 Å². The highest BCUT2D eigenvalue weighted by molar-refractivity contribution is 5.47. The van der Waals surface area contributed by atoms with Gasteiger partial charge in [0.2, 0.25) is 0 Å². The van der Waals surface area contributed by atoms with Gasteiger partial charge in [-0.15, -0.1) is 0 Å². The molecule has 3 aromatic rings. The number of benzene rings is 3. The van der Waals surface area contributed by atoms with Crippen molar-refractivity contribution >= 4 is 0 Å². The molecule has 5 rings (SSSR count). The third kappa shape index (κ3) is 4.18. The minimum Gasteiger partial charge on any atom is -0.388 e. The van der Waals surface area contributed by atoms with Crippen molar-refractivity contribution in [2.45, 2.75) is 55.9 Å². The number of aliphatic hydroxyl groups is 2. The second kappa shape index (κ2) is 9.23. The minimum atomic E-state index is -1.11. The number of aliphatic hydroxyl groups excluding tert-OH is 2. The average Bonchev–Trinajstić information content (AvgIpc) is 3.33. The van der Waals surface area contributed by atoms with Gasteiger partial charge in [-0.05, 0) is 30.5 Å². The van der Waals surface area contributed by atoms with E-state index in [0.29, 0.717) is 0 Å². The topological polar surface area (TPSA) is 77.4 Å². The molecular formula is C28H30O6. The van der Waals surface area contributed by atoms with Crippen LogP contribution in [-0.2, 0) is 24.5 Å². The van der Waals surface area contributed by atoms with Crippen LogP contribution in [-0.4, -0.2) is 53.3 Å². The van der Waals surface area contributed by atoms with E-state index in [9.17, 15) is 10.2 Å². The van der Waals surface area contributed by atoms with Crippen LogP contribution in [0.5, 0.6) is 0 Å². The molecule has 0 radical (unpaired) electrons. The molecule has 0 amide bonds. The van der Waals surface area contributed by atoms with Crippen molar-refractivity contribution in [1.29, 1.82) is 0 Å². The van der Waals surface area contributed by atoms with Gasteiger partial charge in [-0.2, -0.15) is 0 Å². The molecule has 2 aliphatic rings. The monoisotopic (exact) mass is 462 g/mol. The fourth-order valence-corrected chi connectivity index (χ4v) is 4.91. The van der Waals surface area contributed by atoms with Crippen molar-refractivity contribution in [3.05, 3.63) is 108 Å². The Bertz CT molecular complexity index is 975. The zero-order valence-electron chi connectivity index (χ0n) is 19.3. The van der Waals surface area contributed by atoms with Crippen LogP contribution in [0.1, 0.15) is 30.5 Å². The van der Waals surface area contributed by atoms with Gasteiger partial charge in [-0.25, -0.2) is 0 Å². The summed E-state index contributed by atoms with van der Waals surface area (Å²) in [7, 11) is 0. The van der Waals surface area contributed by atoms with Crippen LogP contribution in [0, 0.1) is 0 Å². The molecule has 2 fully saturated rings. The van der Waals surface area contributed by atoms with E-state index in [1.54, 1.807) is 13.8 Å². The first kappa shape index (κ1) is 23.2. The molecule has 0 spiro atoms. The molecule has 2 N–H and O–H groups in total. The lowest BCUT2D eigenvalue weighted by Crippen LogP contribution is -2.45. The van der Waals surface area contributed by atoms with Crippen molar-refractivity contribution in [3.8, 4) is 0 Å². The maximum absolute atomic E-state index is 11.1. The fourth-order valence-electron chi connectivity index (χ4n) is 4.91. The molecule has 3 aromatic carbocycles. The Hall–Kier alpha value is -2.58. The molecule has 5 unspecified atom stereocenters. The zero-order chi connectivity index (χ0) is 23.8. The second-order valence-electron chi connectivity index (χ2n) is 9.22. The first-order valence-corrected chi connectivity index (χ1v) is 11.6. The standard InChI is InChI=1S/C28H30O6/c1-27(2)33-25-23(30)24(32-26(25)34-27)22(29)18-31-28(19-12-6-3-7-13-19,20-14-8-4-9-15-20)21-16-10-5-11-17-21/h3-17,22-26,29-30H,18H2,1-2H3. The molecule has 0 saturated carbocycles. The molecule has 6 heteroatoms. The van der Waals surface area contributed by atoms with E-state index >= 15 is 0 Å². The molecule has 2 aliphatic heterocycles. The molecule has 2 heterocycles. The van der Waals surface area contributed by atoms with Gasteiger partial charge in [-0.1, -0.05) is 91.0 Å². The van der Waals surface area contributed by atoms with E-state index < -0.39 is 42.1 Å². The van der Waals surface area contributed by atoms with Crippen LogP contribution in [0.25, 0.3) is 0 Å². The van der Waals surface area contributed by atoms with Crippen molar-refractivity contribution in [3.63, 3.8) is 0 Å². The van der Waals surface area contributed by atoms with Crippen LogP contribution in [0.4, 0.5) is 0 Å². The van der Waals surface area contributed by atoms with Gasteiger partial charge < -0.3 is 29.2 Å². The summed E-state index contributed by atoms with van der Waals surface area (Å²) in [5.74, 6) is -0.841. The van der Waals surface area contributed by atoms with E-state index in [1.165, 1.54) is 0 Å². The Kier molecular flexibility index (Phi) is 6.29. The number of fused-ring (bicyclic) bond motifs is 1. The van der Waals surface area contributed by atoms with Crippen molar-refractivity contribution in [2.24, 2.45) is 0 Å². The Balaban J connectivity index is 1.46. The van der Waals surface area contributed by atoms with E-state index in [4.69, 9.17) is 18.9 Å². The number of rotatable bonds is 7. The van der Waals surface area contributed by atoms with Gasteiger partial charge in [0.25, 0.3) is 0 Å². The van der Waals surface area contributed by atoms with Gasteiger partial charge in [0.1, 0.15) is 30.0 Å². The summed E-state index contributed by atoms with van der Waals surface area (Å²) >= 11 is 0. The Morgan fingerprint density at radius 3 is 1.74 bits per heavy atom. The van der Waals surface area contributed by atoms with Crippen LogP contribution in [0.15, 0.2) is 91.0 Å². The van der Waals surface area contributed by atoms with Gasteiger partial charge in [0.05, 0.1) is 6.61 Å². The lowest BCUT2D eigenvalue weighted by atomic mass is 9.80. The van der Waals surface area contributed by atoms with Crippen molar-refractivity contribution < 1.29 is 29.2 Å². The van der Waals surface area contributed by atoms with Gasteiger partial charge in [-0.3, -0.25) is 0 Å². The van der Waals surface area contributed by atoms with Crippen LogP contribution < -0.4 is 0 Å². The molecule has 0 aromatic heterocycles. The summed E-state index contributed by atoms with van der Waals surface area (Å²) < 4.78 is 24.0. The molecule has 178 valence electrons. The van der Waals surface area contributed by atoms with E-state index in [1.807, 2.05) is 91.0 Å². The Labute approximate surface area is 199 Å². The first-order valence-electron chi connectivity index (χ1n) is 11.6. The Morgan fingerprint density at radius 2 is 1.29 bits per heavy atom. The molecule has 5 atom stereocenters. The van der Waals surface area contributed by atoms with E-state index in [-0.39, 0.29) is 6.61 Å². The van der Waals surface area contributed by atoms with E-state index in [0.717, 1.165) is 16.7 Å². The largest absolute Gasteiger partial charge is 0.388 e. The number of ether oxygens (including phenoxy) is 4. The second-order valence-corrected chi connectivity index (χ2v) is 9.22. The lowest BCUT2D eigenvalue weighted by molar-refractivity contribution is -0.230.